The monoisotopic (exact) mass is 357 g/mol. The van der Waals surface area contributed by atoms with Gasteiger partial charge in [0.15, 0.2) is 0 Å². The van der Waals surface area contributed by atoms with Crippen molar-refractivity contribution in [3.63, 3.8) is 0 Å². The second-order valence-electron chi connectivity index (χ2n) is 6.79. The molecule has 2 aliphatic heterocycles. The summed E-state index contributed by atoms with van der Waals surface area (Å²) in [7, 11) is 0. The van der Waals surface area contributed by atoms with Crippen LogP contribution in [0.5, 0.6) is 0 Å². The summed E-state index contributed by atoms with van der Waals surface area (Å²) >= 11 is 0. The molecule has 1 saturated heterocycles. The molecule has 7 heteroatoms. The first-order chi connectivity index (χ1) is 12.5. The molecule has 3 rings (SSSR count). The van der Waals surface area contributed by atoms with Gasteiger partial charge in [-0.2, -0.15) is 0 Å². The number of aryl methyl sites for hydroxylation is 1. The number of carbonyl (C=O) groups excluding carboxylic acids is 2. The van der Waals surface area contributed by atoms with Crippen LogP contribution in [0, 0.1) is 6.92 Å². The third-order valence-corrected chi connectivity index (χ3v) is 4.90. The molecule has 3 N–H and O–H groups in total. The lowest BCUT2D eigenvalue weighted by atomic mass is 10.0. The van der Waals surface area contributed by atoms with E-state index >= 15 is 0 Å². The molecule has 0 aromatic heterocycles. The summed E-state index contributed by atoms with van der Waals surface area (Å²) in [5, 5.41) is 14.8. The maximum absolute atomic E-state index is 12.9. The molecular formula is C19H23N3O4. The van der Waals surface area contributed by atoms with Crippen LogP contribution in [-0.4, -0.2) is 46.0 Å². The molecule has 3 amide bonds. The van der Waals surface area contributed by atoms with E-state index in [1.165, 1.54) is 4.90 Å². The summed E-state index contributed by atoms with van der Waals surface area (Å²) in [6, 6.07) is 5.13. The van der Waals surface area contributed by atoms with Crippen LogP contribution >= 0.6 is 0 Å². The van der Waals surface area contributed by atoms with Crippen LogP contribution in [0.3, 0.4) is 0 Å². The normalized spacial score (nSPS) is 25.2. The molecule has 1 fully saturated rings. The zero-order valence-electron chi connectivity index (χ0n) is 14.6. The van der Waals surface area contributed by atoms with Crippen LogP contribution < -0.4 is 10.6 Å². The zero-order valence-corrected chi connectivity index (χ0v) is 14.6. The van der Waals surface area contributed by atoms with Gasteiger partial charge in [0.25, 0.3) is 0 Å². The standard InChI is InChI=1S/C19H23N3O4/c1-12-6-8-13(9-7-12)20-19(26)21-15-5-3-2-4-14-10-11-16(18(24)25)22(14)17(15)23/h2-3,6-9,14-16H,4-5,10-11H2,1H3,(H,24,25)(H2,20,21,26)/t14-,15+,16+/m1/s1. The smallest absolute Gasteiger partial charge is 0.326 e. The average molecular weight is 357 g/mol. The summed E-state index contributed by atoms with van der Waals surface area (Å²) in [6.45, 7) is 1.95. The van der Waals surface area contributed by atoms with Crippen LogP contribution in [-0.2, 0) is 9.59 Å². The summed E-state index contributed by atoms with van der Waals surface area (Å²) in [4.78, 5) is 38.1. The molecule has 0 saturated carbocycles. The van der Waals surface area contributed by atoms with Gasteiger partial charge in [0.2, 0.25) is 5.91 Å². The number of carbonyl (C=O) groups is 3. The van der Waals surface area contributed by atoms with E-state index in [1.54, 1.807) is 12.1 Å². The Morgan fingerprint density at radius 1 is 1.12 bits per heavy atom. The minimum Gasteiger partial charge on any atom is -0.480 e. The fraction of sp³-hybridized carbons (Fsp3) is 0.421. The van der Waals surface area contributed by atoms with Crippen LogP contribution in [0.2, 0.25) is 0 Å². The predicted molar refractivity (Wildman–Crippen MR) is 96.8 cm³/mol. The number of nitrogens with zero attached hydrogens (tertiary/aromatic N) is 1. The van der Waals surface area contributed by atoms with Gasteiger partial charge in [0.1, 0.15) is 12.1 Å². The van der Waals surface area contributed by atoms with Crippen molar-refractivity contribution in [1.82, 2.24) is 10.2 Å². The molecule has 0 bridgehead atoms. The summed E-state index contributed by atoms with van der Waals surface area (Å²) in [6.07, 6.45) is 5.94. The fourth-order valence-electron chi connectivity index (χ4n) is 3.54. The van der Waals surface area contributed by atoms with Gasteiger partial charge < -0.3 is 20.6 Å². The van der Waals surface area contributed by atoms with Crippen molar-refractivity contribution >= 4 is 23.6 Å². The van der Waals surface area contributed by atoms with E-state index in [1.807, 2.05) is 31.2 Å². The Hall–Kier alpha value is -2.83. The van der Waals surface area contributed by atoms with Crippen molar-refractivity contribution in [2.45, 2.75) is 50.7 Å². The van der Waals surface area contributed by atoms with Gasteiger partial charge in [-0.15, -0.1) is 0 Å². The van der Waals surface area contributed by atoms with E-state index in [9.17, 15) is 19.5 Å². The number of amides is 3. The minimum absolute atomic E-state index is 0.121. The molecular weight excluding hydrogens is 334 g/mol. The second-order valence-corrected chi connectivity index (χ2v) is 6.79. The summed E-state index contributed by atoms with van der Waals surface area (Å²) in [5.74, 6) is -1.32. The topological polar surface area (TPSA) is 98.7 Å². The van der Waals surface area contributed by atoms with Crippen molar-refractivity contribution in [2.24, 2.45) is 0 Å². The van der Waals surface area contributed by atoms with Gasteiger partial charge in [-0.25, -0.2) is 9.59 Å². The molecule has 3 atom stereocenters. The van der Waals surface area contributed by atoms with E-state index in [2.05, 4.69) is 10.6 Å². The molecule has 1 aromatic carbocycles. The lowest BCUT2D eigenvalue weighted by Crippen LogP contribution is -2.55. The fourth-order valence-corrected chi connectivity index (χ4v) is 3.54. The number of carboxylic acids is 1. The first kappa shape index (κ1) is 18.0. The number of nitrogens with one attached hydrogen (secondary N) is 2. The Bertz CT molecular complexity index is 729. The largest absolute Gasteiger partial charge is 0.480 e. The third kappa shape index (κ3) is 3.87. The number of hydrogen-bond donors (Lipinski definition) is 3. The molecule has 2 heterocycles. The highest BCUT2D eigenvalue weighted by atomic mass is 16.4. The van der Waals surface area contributed by atoms with Gasteiger partial charge in [-0.05, 0) is 44.7 Å². The van der Waals surface area contributed by atoms with Crippen LogP contribution in [0.25, 0.3) is 0 Å². The second kappa shape index (κ2) is 7.59. The Balaban J connectivity index is 1.71. The minimum atomic E-state index is -0.992. The number of rotatable bonds is 3. The van der Waals surface area contributed by atoms with Crippen LogP contribution in [0.4, 0.5) is 10.5 Å². The number of anilines is 1. The molecule has 0 aliphatic carbocycles. The van der Waals surface area contributed by atoms with E-state index in [-0.39, 0.29) is 11.9 Å². The Kier molecular flexibility index (Phi) is 5.25. The molecule has 0 radical (unpaired) electrons. The number of benzene rings is 1. The highest BCUT2D eigenvalue weighted by Gasteiger charge is 2.43. The van der Waals surface area contributed by atoms with Crippen molar-refractivity contribution in [1.29, 1.82) is 0 Å². The van der Waals surface area contributed by atoms with Gasteiger partial charge in [0.05, 0.1) is 0 Å². The van der Waals surface area contributed by atoms with Gasteiger partial charge in [0, 0.05) is 11.7 Å². The van der Waals surface area contributed by atoms with E-state index in [4.69, 9.17) is 0 Å². The number of carboxylic acid groups (broad SMARTS) is 1. The molecule has 26 heavy (non-hydrogen) atoms. The van der Waals surface area contributed by atoms with Crippen LogP contribution in [0.1, 0.15) is 31.2 Å². The lowest BCUT2D eigenvalue weighted by Gasteiger charge is -2.32. The number of urea groups is 1. The van der Waals surface area contributed by atoms with Gasteiger partial charge in [-0.3, -0.25) is 4.79 Å². The first-order valence-electron chi connectivity index (χ1n) is 8.80. The molecule has 2 aliphatic rings. The summed E-state index contributed by atoms with van der Waals surface area (Å²) in [5.41, 5.74) is 1.71. The van der Waals surface area contributed by atoms with Crippen molar-refractivity contribution in [3.8, 4) is 0 Å². The van der Waals surface area contributed by atoms with Crippen molar-refractivity contribution < 1.29 is 19.5 Å². The maximum Gasteiger partial charge on any atom is 0.326 e. The lowest BCUT2D eigenvalue weighted by molar-refractivity contribution is -0.150. The van der Waals surface area contributed by atoms with E-state index < -0.39 is 24.1 Å². The number of fused-ring (bicyclic) bond motifs is 1. The highest BCUT2D eigenvalue weighted by Crippen LogP contribution is 2.29. The molecule has 0 unspecified atom stereocenters. The Morgan fingerprint density at radius 2 is 1.81 bits per heavy atom. The van der Waals surface area contributed by atoms with Crippen molar-refractivity contribution in [2.75, 3.05) is 5.32 Å². The van der Waals surface area contributed by atoms with E-state index in [0.29, 0.717) is 31.4 Å². The zero-order chi connectivity index (χ0) is 18.7. The van der Waals surface area contributed by atoms with Crippen LogP contribution in [0.15, 0.2) is 36.4 Å². The van der Waals surface area contributed by atoms with Crippen molar-refractivity contribution in [3.05, 3.63) is 42.0 Å². The number of hydrogen-bond acceptors (Lipinski definition) is 3. The van der Waals surface area contributed by atoms with Gasteiger partial charge >= 0.3 is 12.0 Å². The Labute approximate surface area is 152 Å². The highest BCUT2D eigenvalue weighted by molar-refractivity contribution is 5.95. The quantitative estimate of drug-likeness (QED) is 0.723. The summed E-state index contributed by atoms with van der Waals surface area (Å²) < 4.78 is 0. The SMILES string of the molecule is Cc1ccc(NC(=O)N[C@H]2CC=CC[C@@H]3CC[C@@H](C(=O)O)N3C2=O)cc1. The molecule has 0 spiro atoms. The molecule has 1 aromatic rings. The third-order valence-electron chi connectivity index (χ3n) is 4.90. The maximum atomic E-state index is 12.9. The van der Waals surface area contributed by atoms with E-state index in [0.717, 1.165) is 5.56 Å². The number of aliphatic carboxylic acids is 1. The molecule has 138 valence electrons. The molecule has 7 nitrogen and oxygen atoms in total. The first-order valence-corrected chi connectivity index (χ1v) is 8.80. The predicted octanol–water partition coefficient (Wildman–Crippen LogP) is 2.28. The Morgan fingerprint density at radius 3 is 2.50 bits per heavy atom. The van der Waals surface area contributed by atoms with Gasteiger partial charge in [-0.1, -0.05) is 29.8 Å². The average Bonchev–Trinajstić information content (AvgIpc) is 3.01.